The molecule has 0 aliphatic heterocycles. The Morgan fingerprint density at radius 3 is 2.89 bits per heavy atom. The minimum Gasteiger partial charge on any atom is -0.388 e. The summed E-state index contributed by atoms with van der Waals surface area (Å²) >= 11 is 1.59. The van der Waals surface area contributed by atoms with Gasteiger partial charge in [-0.25, -0.2) is 4.98 Å². The second-order valence-corrected chi connectivity index (χ2v) is 5.40. The van der Waals surface area contributed by atoms with Crippen molar-refractivity contribution >= 4 is 33.3 Å². The van der Waals surface area contributed by atoms with Gasteiger partial charge in [-0.1, -0.05) is 6.92 Å². The third kappa shape index (κ3) is 2.70. The molecule has 2 rings (SSSR count). The fourth-order valence-corrected chi connectivity index (χ4v) is 2.29. The number of nitrogens with one attached hydrogen (secondary N) is 2. The summed E-state index contributed by atoms with van der Waals surface area (Å²) in [5, 5.41) is 18.2. The SMILES string of the molecule is CCC(C)(O)CNc1nc(NC)nc2ccsc12. The molecule has 0 aromatic carbocycles. The van der Waals surface area contributed by atoms with Gasteiger partial charge in [0.05, 0.1) is 15.8 Å². The molecule has 1 atom stereocenters. The van der Waals surface area contributed by atoms with Crippen LogP contribution in [0.2, 0.25) is 0 Å². The topological polar surface area (TPSA) is 70.1 Å². The number of nitrogens with zero attached hydrogens (tertiary/aromatic N) is 2. The first kappa shape index (κ1) is 13.0. The van der Waals surface area contributed by atoms with Crippen LogP contribution in [-0.2, 0) is 0 Å². The second-order valence-electron chi connectivity index (χ2n) is 4.48. The van der Waals surface area contributed by atoms with E-state index in [0.29, 0.717) is 18.9 Å². The highest BCUT2D eigenvalue weighted by molar-refractivity contribution is 7.17. The molecule has 0 amide bonds. The van der Waals surface area contributed by atoms with Gasteiger partial charge in [-0.15, -0.1) is 11.3 Å². The number of thiophene rings is 1. The molecule has 0 radical (unpaired) electrons. The third-order valence-electron chi connectivity index (χ3n) is 2.93. The van der Waals surface area contributed by atoms with Crippen molar-refractivity contribution in [2.45, 2.75) is 25.9 Å². The fourth-order valence-electron chi connectivity index (χ4n) is 1.49. The van der Waals surface area contributed by atoms with Crippen LogP contribution in [0.25, 0.3) is 10.2 Å². The molecule has 18 heavy (non-hydrogen) atoms. The summed E-state index contributed by atoms with van der Waals surface area (Å²) in [6, 6.07) is 1.96. The van der Waals surface area contributed by atoms with Gasteiger partial charge in [-0.05, 0) is 24.8 Å². The molecule has 98 valence electrons. The van der Waals surface area contributed by atoms with Crippen molar-refractivity contribution in [1.29, 1.82) is 0 Å². The Morgan fingerprint density at radius 2 is 2.22 bits per heavy atom. The molecule has 6 heteroatoms. The molecule has 0 saturated heterocycles. The number of rotatable bonds is 5. The highest BCUT2D eigenvalue weighted by Crippen LogP contribution is 2.27. The monoisotopic (exact) mass is 266 g/mol. The van der Waals surface area contributed by atoms with E-state index in [1.54, 1.807) is 18.4 Å². The van der Waals surface area contributed by atoms with Gasteiger partial charge in [-0.3, -0.25) is 0 Å². The molecule has 0 aliphatic carbocycles. The van der Waals surface area contributed by atoms with Gasteiger partial charge in [0.15, 0.2) is 0 Å². The van der Waals surface area contributed by atoms with Gasteiger partial charge in [0.1, 0.15) is 5.82 Å². The number of aromatic nitrogens is 2. The average Bonchev–Trinajstić information content (AvgIpc) is 2.84. The van der Waals surface area contributed by atoms with Gasteiger partial charge in [0, 0.05) is 13.6 Å². The first-order chi connectivity index (χ1) is 8.55. The molecule has 2 aromatic heterocycles. The van der Waals surface area contributed by atoms with Crippen LogP contribution in [0.5, 0.6) is 0 Å². The maximum absolute atomic E-state index is 10.0. The summed E-state index contributed by atoms with van der Waals surface area (Å²) in [6.45, 7) is 4.24. The maximum atomic E-state index is 10.0. The van der Waals surface area contributed by atoms with Crippen LogP contribution in [-0.4, -0.2) is 34.3 Å². The van der Waals surface area contributed by atoms with E-state index < -0.39 is 5.60 Å². The summed E-state index contributed by atoms with van der Waals surface area (Å²) < 4.78 is 1.01. The first-order valence-corrected chi connectivity index (χ1v) is 6.83. The van der Waals surface area contributed by atoms with Crippen LogP contribution >= 0.6 is 11.3 Å². The predicted octanol–water partition coefficient (Wildman–Crippen LogP) is 2.31. The molecule has 3 N–H and O–H groups in total. The van der Waals surface area contributed by atoms with Gasteiger partial charge >= 0.3 is 0 Å². The van der Waals surface area contributed by atoms with Crippen molar-refractivity contribution in [3.8, 4) is 0 Å². The standard InChI is InChI=1S/C12H18N4OS/c1-4-12(2,17)7-14-10-9-8(5-6-18-9)15-11(13-3)16-10/h5-6,17H,4,7H2,1-3H3,(H2,13,14,15,16). The van der Waals surface area contributed by atoms with Crippen LogP contribution in [0.1, 0.15) is 20.3 Å². The zero-order valence-electron chi connectivity index (χ0n) is 10.8. The van der Waals surface area contributed by atoms with E-state index in [-0.39, 0.29) is 0 Å². The van der Waals surface area contributed by atoms with E-state index in [4.69, 9.17) is 0 Å². The second kappa shape index (κ2) is 5.07. The van der Waals surface area contributed by atoms with E-state index in [1.807, 2.05) is 25.3 Å². The molecule has 1 unspecified atom stereocenters. The Bertz CT molecular complexity index is 538. The number of anilines is 2. The molecular weight excluding hydrogens is 248 g/mol. The number of hydrogen-bond acceptors (Lipinski definition) is 6. The Hall–Kier alpha value is -1.40. The Labute approximate surface area is 110 Å². The van der Waals surface area contributed by atoms with Crippen LogP contribution in [0.3, 0.4) is 0 Å². The fraction of sp³-hybridized carbons (Fsp3) is 0.500. The first-order valence-electron chi connectivity index (χ1n) is 5.95. The summed E-state index contributed by atoms with van der Waals surface area (Å²) in [5.41, 5.74) is 0.187. The smallest absolute Gasteiger partial charge is 0.225 e. The summed E-state index contributed by atoms with van der Waals surface area (Å²) in [4.78, 5) is 8.76. The summed E-state index contributed by atoms with van der Waals surface area (Å²) in [7, 11) is 1.79. The largest absolute Gasteiger partial charge is 0.388 e. The maximum Gasteiger partial charge on any atom is 0.225 e. The van der Waals surface area contributed by atoms with E-state index >= 15 is 0 Å². The molecule has 5 nitrogen and oxygen atoms in total. The predicted molar refractivity (Wildman–Crippen MR) is 76.4 cm³/mol. The zero-order chi connectivity index (χ0) is 13.2. The van der Waals surface area contributed by atoms with Crippen molar-refractivity contribution in [2.75, 3.05) is 24.2 Å². The minimum atomic E-state index is -0.728. The van der Waals surface area contributed by atoms with Crippen LogP contribution in [0.15, 0.2) is 11.4 Å². The summed E-state index contributed by atoms with van der Waals surface area (Å²) in [6.07, 6.45) is 0.692. The van der Waals surface area contributed by atoms with Gasteiger partial charge in [0.2, 0.25) is 5.95 Å². The third-order valence-corrected chi connectivity index (χ3v) is 3.84. The van der Waals surface area contributed by atoms with Crippen molar-refractivity contribution in [3.63, 3.8) is 0 Å². The minimum absolute atomic E-state index is 0.469. The van der Waals surface area contributed by atoms with Crippen LogP contribution in [0, 0.1) is 0 Å². The van der Waals surface area contributed by atoms with Crippen LogP contribution < -0.4 is 10.6 Å². The van der Waals surface area contributed by atoms with Crippen LogP contribution in [0.4, 0.5) is 11.8 Å². The lowest BCUT2D eigenvalue weighted by Crippen LogP contribution is -2.32. The molecule has 0 bridgehead atoms. The highest BCUT2D eigenvalue weighted by Gasteiger charge is 2.18. The van der Waals surface area contributed by atoms with E-state index in [0.717, 1.165) is 16.0 Å². The van der Waals surface area contributed by atoms with E-state index in [9.17, 15) is 5.11 Å². The van der Waals surface area contributed by atoms with E-state index in [2.05, 4.69) is 20.6 Å². The number of aliphatic hydroxyl groups is 1. The van der Waals surface area contributed by atoms with Crippen molar-refractivity contribution in [2.24, 2.45) is 0 Å². The molecule has 0 aliphatic rings. The van der Waals surface area contributed by atoms with E-state index in [1.165, 1.54) is 0 Å². The van der Waals surface area contributed by atoms with Gasteiger partial charge in [-0.2, -0.15) is 4.98 Å². The van der Waals surface area contributed by atoms with Gasteiger partial charge < -0.3 is 15.7 Å². The number of hydrogen-bond donors (Lipinski definition) is 3. The normalized spacial score (nSPS) is 14.4. The quantitative estimate of drug-likeness (QED) is 0.774. The average molecular weight is 266 g/mol. The highest BCUT2D eigenvalue weighted by atomic mass is 32.1. The Kier molecular flexibility index (Phi) is 3.68. The van der Waals surface area contributed by atoms with Crippen molar-refractivity contribution in [3.05, 3.63) is 11.4 Å². The molecule has 0 spiro atoms. The molecule has 2 aromatic rings. The lowest BCUT2D eigenvalue weighted by atomic mass is 10.0. The molecule has 0 saturated carbocycles. The van der Waals surface area contributed by atoms with Crippen molar-refractivity contribution < 1.29 is 5.11 Å². The lowest BCUT2D eigenvalue weighted by molar-refractivity contribution is 0.0697. The Morgan fingerprint density at radius 1 is 1.44 bits per heavy atom. The molecular formula is C12H18N4OS. The lowest BCUT2D eigenvalue weighted by Gasteiger charge is -2.22. The zero-order valence-corrected chi connectivity index (χ0v) is 11.6. The molecule has 2 heterocycles. The number of fused-ring (bicyclic) bond motifs is 1. The van der Waals surface area contributed by atoms with Gasteiger partial charge in [0.25, 0.3) is 0 Å². The molecule has 0 fully saturated rings. The Balaban J connectivity index is 2.28. The summed E-state index contributed by atoms with van der Waals surface area (Å²) in [5.74, 6) is 1.35. The van der Waals surface area contributed by atoms with Crippen molar-refractivity contribution in [1.82, 2.24) is 9.97 Å².